The zero-order chi connectivity index (χ0) is 19.4. The molecule has 0 atom stereocenters. The van der Waals surface area contributed by atoms with Crippen LogP contribution >= 0.6 is 11.6 Å². The smallest absolute Gasteiger partial charge is 0.263 e. The van der Waals surface area contributed by atoms with Crippen molar-refractivity contribution in [1.82, 2.24) is 19.4 Å². The van der Waals surface area contributed by atoms with Crippen LogP contribution in [-0.4, -0.2) is 41.5 Å². The summed E-state index contributed by atoms with van der Waals surface area (Å²) in [5.41, 5.74) is 0.889. The number of sulfonamides is 1. The maximum absolute atomic E-state index is 13.1. The predicted molar refractivity (Wildman–Crippen MR) is 103 cm³/mol. The van der Waals surface area contributed by atoms with Crippen LogP contribution in [0, 0.1) is 0 Å². The molecule has 0 bridgehead atoms. The maximum atomic E-state index is 13.1. The summed E-state index contributed by atoms with van der Waals surface area (Å²) in [6, 6.07) is 7.13. The number of nitrogens with one attached hydrogen (secondary N) is 1. The molecule has 146 valence electrons. The van der Waals surface area contributed by atoms with Gasteiger partial charge in [0.05, 0.1) is 5.56 Å². The first-order chi connectivity index (χ1) is 12.9. The van der Waals surface area contributed by atoms with Gasteiger partial charge in [-0.1, -0.05) is 36.6 Å². The van der Waals surface area contributed by atoms with Gasteiger partial charge in [-0.3, -0.25) is 9.48 Å². The van der Waals surface area contributed by atoms with Crippen molar-refractivity contribution in [2.75, 3.05) is 13.1 Å². The van der Waals surface area contributed by atoms with Gasteiger partial charge in [-0.2, -0.15) is 9.40 Å². The van der Waals surface area contributed by atoms with Crippen molar-refractivity contribution >= 4 is 27.5 Å². The monoisotopic (exact) mass is 410 g/mol. The molecule has 1 amide bonds. The van der Waals surface area contributed by atoms with E-state index in [-0.39, 0.29) is 17.1 Å². The van der Waals surface area contributed by atoms with E-state index < -0.39 is 15.9 Å². The summed E-state index contributed by atoms with van der Waals surface area (Å²) in [5, 5.41) is 7.22. The van der Waals surface area contributed by atoms with Crippen molar-refractivity contribution in [2.24, 2.45) is 7.05 Å². The molecule has 9 heteroatoms. The average molecular weight is 411 g/mol. The van der Waals surface area contributed by atoms with Crippen LogP contribution in [0.2, 0.25) is 5.02 Å². The van der Waals surface area contributed by atoms with Crippen LogP contribution in [0.4, 0.5) is 0 Å². The maximum Gasteiger partial charge on any atom is 0.263 e. The number of hydrogen-bond acceptors (Lipinski definition) is 4. The van der Waals surface area contributed by atoms with E-state index in [0.29, 0.717) is 18.1 Å². The van der Waals surface area contributed by atoms with Crippen molar-refractivity contribution in [1.29, 1.82) is 0 Å². The summed E-state index contributed by atoms with van der Waals surface area (Å²) in [7, 11) is -2.20. The number of halogens is 1. The van der Waals surface area contributed by atoms with Gasteiger partial charge in [0.2, 0.25) is 5.03 Å². The Bertz CT molecular complexity index is 918. The third kappa shape index (κ3) is 4.69. The Balaban J connectivity index is 1.81. The Labute approximate surface area is 164 Å². The van der Waals surface area contributed by atoms with Crippen LogP contribution < -0.4 is 5.32 Å². The highest BCUT2D eigenvalue weighted by Crippen LogP contribution is 2.22. The molecule has 0 unspecified atom stereocenters. The number of aromatic nitrogens is 2. The van der Waals surface area contributed by atoms with Crippen molar-refractivity contribution in [2.45, 2.75) is 37.3 Å². The summed E-state index contributed by atoms with van der Waals surface area (Å²) in [5.74, 6) is -0.475. The number of benzene rings is 1. The zero-order valence-electron chi connectivity index (χ0n) is 15.2. The Kier molecular flexibility index (Phi) is 6.18. The summed E-state index contributed by atoms with van der Waals surface area (Å²) in [6.07, 6.45) is 5.12. The molecule has 2 heterocycles. The van der Waals surface area contributed by atoms with Gasteiger partial charge in [0.1, 0.15) is 0 Å². The van der Waals surface area contributed by atoms with Gasteiger partial charge < -0.3 is 5.32 Å². The fourth-order valence-electron chi connectivity index (χ4n) is 3.14. The van der Waals surface area contributed by atoms with Crippen LogP contribution in [0.15, 0.2) is 35.5 Å². The molecule has 3 rings (SSSR count). The van der Waals surface area contributed by atoms with Crippen LogP contribution in [0.3, 0.4) is 0 Å². The van der Waals surface area contributed by atoms with Crippen LogP contribution in [-0.2, 0) is 23.6 Å². The molecule has 1 aliphatic rings. The highest BCUT2D eigenvalue weighted by molar-refractivity contribution is 7.89. The van der Waals surface area contributed by atoms with E-state index in [2.05, 4.69) is 10.4 Å². The molecular weight excluding hydrogens is 388 g/mol. The number of nitrogens with zero attached hydrogens (tertiary/aromatic N) is 3. The molecule has 0 radical (unpaired) electrons. The molecule has 2 aromatic rings. The van der Waals surface area contributed by atoms with E-state index in [0.717, 1.165) is 31.2 Å². The molecule has 7 nitrogen and oxygen atoms in total. The highest BCUT2D eigenvalue weighted by atomic mass is 35.5. The zero-order valence-corrected chi connectivity index (χ0v) is 16.8. The van der Waals surface area contributed by atoms with Crippen LogP contribution in [0.25, 0.3) is 0 Å². The van der Waals surface area contributed by atoms with Gasteiger partial charge in [0.25, 0.3) is 15.9 Å². The van der Waals surface area contributed by atoms with Gasteiger partial charge >= 0.3 is 0 Å². The largest absolute Gasteiger partial charge is 0.348 e. The minimum absolute atomic E-state index is 0.0591. The minimum Gasteiger partial charge on any atom is -0.348 e. The number of rotatable bonds is 5. The average Bonchev–Trinajstić information content (AvgIpc) is 2.84. The quantitative estimate of drug-likeness (QED) is 0.820. The molecule has 0 saturated carbocycles. The lowest BCUT2D eigenvalue weighted by Gasteiger charge is -2.19. The molecule has 1 aliphatic heterocycles. The lowest BCUT2D eigenvalue weighted by atomic mass is 10.2. The fourth-order valence-corrected chi connectivity index (χ4v) is 4.99. The molecule has 1 aromatic heterocycles. The van der Waals surface area contributed by atoms with Crippen molar-refractivity contribution in [3.63, 3.8) is 0 Å². The standard InChI is InChI=1S/C18H23ClN4O3S/c1-22-13-16(17(24)20-12-14-7-6-8-15(19)11-14)18(21-22)27(25,26)23-9-4-2-3-5-10-23/h6-8,11,13H,2-5,9-10,12H2,1H3,(H,20,24). The third-order valence-electron chi connectivity index (χ3n) is 4.53. The third-order valence-corrected chi connectivity index (χ3v) is 6.60. The lowest BCUT2D eigenvalue weighted by molar-refractivity contribution is 0.0947. The van der Waals surface area contributed by atoms with Gasteiger partial charge in [-0.15, -0.1) is 0 Å². The lowest BCUT2D eigenvalue weighted by Crippen LogP contribution is -2.34. The Hall–Kier alpha value is -1.90. The van der Waals surface area contributed by atoms with Crippen LogP contribution in [0.1, 0.15) is 41.6 Å². The second kappa shape index (κ2) is 8.41. The van der Waals surface area contributed by atoms with Gasteiger partial charge in [-0.25, -0.2) is 8.42 Å². The summed E-state index contributed by atoms with van der Waals surface area (Å²) in [6.45, 7) is 1.17. The van der Waals surface area contributed by atoms with Crippen molar-refractivity contribution in [3.8, 4) is 0 Å². The first-order valence-corrected chi connectivity index (χ1v) is 10.8. The Morgan fingerprint density at radius 1 is 1.22 bits per heavy atom. The van der Waals surface area contributed by atoms with Crippen molar-refractivity contribution in [3.05, 3.63) is 46.6 Å². The Morgan fingerprint density at radius 3 is 2.59 bits per heavy atom. The second-order valence-electron chi connectivity index (χ2n) is 6.65. The molecule has 27 heavy (non-hydrogen) atoms. The van der Waals surface area contributed by atoms with E-state index in [1.807, 2.05) is 6.07 Å². The molecule has 1 fully saturated rings. The summed E-state index contributed by atoms with van der Waals surface area (Å²) < 4.78 is 28.9. The minimum atomic E-state index is -3.81. The Morgan fingerprint density at radius 2 is 1.93 bits per heavy atom. The second-order valence-corrected chi connectivity index (χ2v) is 8.94. The number of carbonyl (C=O) groups is 1. The van der Waals surface area contributed by atoms with E-state index in [9.17, 15) is 13.2 Å². The predicted octanol–water partition coefficient (Wildman–Crippen LogP) is 2.57. The number of amides is 1. The first kappa shape index (κ1) is 19.9. The number of carbonyl (C=O) groups excluding carboxylic acids is 1. The normalized spacial score (nSPS) is 16.1. The summed E-state index contributed by atoms with van der Waals surface area (Å²) in [4.78, 5) is 12.7. The topological polar surface area (TPSA) is 84.3 Å². The molecule has 0 aliphatic carbocycles. The van der Waals surface area contributed by atoms with Gasteiger partial charge in [0.15, 0.2) is 0 Å². The highest BCUT2D eigenvalue weighted by Gasteiger charge is 2.32. The summed E-state index contributed by atoms with van der Waals surface area (Å²) >= 11 is 5.95. The van der Waals surface area contributed by atoms with E-state index in [1.165, 1.54) is 15.2 Å². The van der Waals surface area contributed by atoms with Crippen LogP contribution in [0.5, 0.6) is 0 Å². The fraction of sp³-hybridized carbons (Fsp3) is 0.444. The van der Waals surface area contributed by atoms with E-state index in [4.69, 9.17) is 11.6 Å². The molecule has 1 aromatic carbocycles. The SMILES string of the molecule is Cn1cc(C(=O)NCc2cccc(Cl)c2)c(S(=O)(=O)N2CCCCCC2)n1. The first-order valence-electron chi connectivity index (χ1n) is 8.94. The molecule has 0 spiro atoms. The van der Waals surface area contributed by atoms with Gasteiger partial charge in [-0.05, 0) is 30.5 Å². The van der Waals surface area contributed by atoms with E-state index >= 15 is 0 Å². The number of aryl methyl sites for hydroxylation is 1. The van der Waals surface area contributed by atoms with E-state index in [1.54, 1.807) is 25.2 Å². The molecule has 1 saturated heterocycles. The van der Waals surface area contributed by atoms with Gasteiger partial charge in [0, 0.05) is 37.9 Å². The van der Waals surface area contributed by atoms with Crippen molar-refractivity contribution < 1.29 is 13.2 Å². The molecular formula is C18H23ClN4O3S. The number of hydrogen-bond donors (Lipinski definition) is 1. The molecule has 1 N–H and O–H groups in total.